The number of anilines is 2. The fourth-order valence-corrected chi connectivity index (χ4v) is 2.29. The molecule has 6 nitrogen and oxygen atoms in total. The van der Waals surface area contributed by atoms with E-state index in [0.29, 0.717) is 11.7 Å². The molecule has 0 aliphatic heterocycles. The number of hydrogen-bond acceptors (Lipinski definition) is 7. The fourth-order valence-electron chi connectivity index (χ4n) is 1.75. The van der Waals surface area contributed by atoms with Crippen molar-refractivity contribution in [3.05, 3.63) is 47.5 Å². The molecule has 0 aliphatic carbocycles. The lowest BCUT2D eigenvalue weighted by Gasteiger charge is -2.12. The summed E-state index contributed by atoms with van der Waals surface area (Å²) < 4.78 is 5.70. The molecule has 0 unspecified atom stereocenters. The largest absolute Gasteiger partial charge is 0.441 e. The minimum atomic E-state index is -0.0535. The third-order valence-electron chi connectivity index (χ3n) is 3.00. The second-order valence-electron chi connectivity index (χ2n) is 5.93. The molecule has 0 aromatic carbocycles. The van der Waals surface area contributed by atoms with Crippen molar-refractivity contribution in [2.45, 2.75) is 26.2 Å². The molecule has 3 aromatic heterocycles. The predicted octanol–water partition coefficient (Wildman–Crippen LogP) is 4.13. The average molecular weight is 327 g/mol. The zero-order chi connectivity index (χ0) is 16.3. The molecule has 0 aliphatic rings. The molecule has 1 N–H and O–H groups in total. The number of nitrogens with zero attached hydrogens (tertiary/aromatic N) is 4. The van der Waals surface area contributed by atoms with Crippen LogP contribution in [0.2, 0.25) is 0 Å². The maximum absolute atomic E-state index is 5.70. The van der Waals surface area contributed by atoms with Gasteiger partial charge in [-0.2, -0.15) is 0 Å². The van der Waals surface area contributed by atoms with Crippen LogP contribution >= 0.6 is 11.3 Å². The van der Waals surface area contributed by atoms with Crippen molar-refractivity contribution >= 4 is 34.4 Å². The highest BCUT2D eigenvalue weighted by molar-refractivity contribution is 7.13. The summed E-state index contributed by atoms with van der Waals surface area (Å²) in [5, 5.41) is 5.77. The molecule has 3 rings (SSSR count). The molecule has 0 saturated carbocycles. The van der Waals surface area contributed by atoms with E-state index in [4.69, 9.17) is 4.42 Å². The van der Waals surface area contributed by atoms with Gasteiger partial charge >= 0.3 is 0 Å². The van der Waals surface area contributed by atoms with Crippen molar-refractivity contribution in [3.63, 3.8) is 0 Å². The van der Waals surface area contributed by atoms with Gasteiger partial charge in [0.05, 0.1) is 24.3 Å². The fraction of sp³-hybridized carbons (Fsp3) is 0.250. The maximum atomic E-state index is 5.70. The first kappa shape index (κ1) is 15.4. The minimum absolute atomic E-state index is 0.0535. The Morgan fingerprint density at radius 2 is 1.91 bits per heavy atom. The van der Waals surface area contributed by atoms with Gasteiger partial charge in [-0.1, -0.05) is 20.8 Å². The molecule has 23 heavy (non-hydrogen) atoms. The lowest BCUT2D eigenvalue weighted by Crippen LogP contribution is -2.09. The molecule has 0 fully saturated rings. The molecular weight excluding hydrogens is 310 g/mol. The van der Waals surface area contributed by atoms with E-state index < -0.39 is 0 Å². The first-order valence-electron chi connectivity index (χ1n) is 7.14. The topological polar surface area (TPSA) is 76.7 Å². The van der Waals surface area contributed by atoms with Gasteiger partial charge < -0.3 is 9.73 Å². The standard InChI is InChI=1S/C16H17N5OS/c1-16(2,3)12-9-20-14(22-12)5-4-11-8-19-13(10-18-11)21-15-17-6-7-23-15/h4-10H,1-3H3,(H,17,19,21). The normalized spacial score (nSPS) is 12.0. The van der Waals surface area contributed by atoms with Crippen molar-refractivity contribution in [2.24, 2.45) is 0 Å². The number of nitrogens with one attached hydrogen (secondary N) is 1. The van der Waals surface area contributed by atoms with E-state index in [-0.39, 0.29) is 5.41 Å². The van der Waals surface area contributed by atoms with Crippen molar-refractivity contribution in [1.82, 2.24) is 19.9 Å². The molecule has 0 spiro atoms. The molecule has 0 bridgehead atoms. The summed E-state index contributed by atoms with van der Waals surface area (Å²) in [7, 11) is 0. The van der Waals surface area contributed by atoms with Gasteiger partial charge in [0.25, 0.3) is 0 Å². The van der Waals surface area contributed by atoms with Crippen LogP contribution in [-0.4, -0.2) is 19.9 Å². The Labute approximate surface area is 138 Å². The van der Waals surface area contributed by atoms with Crippen LogP contribution in [-0.2, 0) is 5.41 Å². The van der Waals surface area contributed by atoms with Crippen LogP contribution in [0.5, 0.6) is 0 Å². The maximum Gasteiger partial charge on any atom is 0.218 e. The Morgan fingerprint density at radius 3 is 2.52 bits per heavy atom. The molecule has 0 radical (unpaired) electrons. The molecule has 0 amide bonds. The summed E-state index contributed by atoms with van der Waals surface area (Å²) >= 11 is 1.51. The van der Waals surface area contributed by atoms with E-state index in [9.17, 15) is 0 Å². The van der Waals surface area contributed by atoms with Gasteiger partial charge in [0.2, 0.25) is 5.89 Å². The summed E-state index contributed by atoms with van der Waals surface area (Å²) in [4.78, 5) is 17.0. The summed E-state index contributed by atoms with van der Waals surface area (Å²) in [6.07, 6.45) is 10.4. The Morgan fingerprint density at radius 1 is 1.04 bits per heavy atom. The van der Waals surface area contributed by atoms with Crippen molar-refractivity contribution in [1.29, 1.82) is 0 Å². The van der Waals surface area contributed by atoms with Crippen LogP contribution in [0.1, 0.15) is 38.1 Å². The third-order valence-corrected chi connectivity index (χ3v) is 3.69. The Bertz CT molecular complexity index is 785. The number of oxazole rings is 1. The van der Waals surface area contributed by atoms with Crippen LogP contribution in [0, 0.1) is 0 Å². The molecule has 0 saturated heterocycles. The average Bonchev–Trinajstić information content (AvgIpc) is 3.17. The summed E-state index contributed by atoms with van der Waals surface area (Å²) in [6.45, 7) is 6.25. The lowest BCUT2D eigenvalue weighted by molar-refractivity contribution is 0.403. The van der Waals surface area contributed by atoms with E-state index >= 15 is 0 Å². The highest BCUT2D eigenvalue weighted by atomic mass is 32.1. The Hall–Kier alpha value is -2.54. The van der Waals surface area contributed by atoms with Crippen molar-refractivity contribution < 1.29 is 4.42 Å². The van der Waals surface area contributed by atoms with Gasteiger partial charge in [-0.05, 0) is 6.08 Å². The Kier molecular flexibility index (Phi) is 4.20. The SMILES string of the molecule is CC(C)(C)c1cnc(C=Cc2cnc(Nc3nccs3)cn2)o1. The van der Waals surface area contributed by atoms with E-state index in [2.05, 4.69) is 46.0 Å². The second-order valence-corrected chi connectivity index (χ2v) is 6.83. The number of hydrogen-bond donors (Lipinski definition) is 1. The minimum Gasteiger partial charge on any atom is -0.441 e. The monoisotopic (exact) mass is 327 g/mol. The lowest BCUT2D eigenvalue weighted by atomic mass is 9.94. The van der Waals surface area contributed by atoms with Crippen molar-refractivity contribution in [2.75, 3.05) is 5.32 Å². The number of thiazole rings is 1. The molecule has 0 atom stereocenters. The van der Waals surface area contributed by atoms with Crippen LogP contribution in [0.15, 0.2) is 34.6 Å². The highest BCUT2D eigenvalue weighted by Crippen LogP contribution is 2.23. The first-order chi connectivity index (χ1) is 11.0. The van der Waals surface area contributed by atoms with Gasteiger partial charge in [0.15, 0.2) is 10.9 Å². The van der Waals surface area contributed by atoms with Crippen LogP contribution in [0.3, 0.4) is 0 Å². The summed E-state index contributed by atoms with van der Waals surface area (Å²) in [6, 6.07) is 0. The van der Waals surface area contributed by atoms with Crippen LogP contribution in [0.4, 0.5) is 10.9 Å². The van der Waals surface area contributed by atoms with E-state index in [1.165, 1.54) is 11.3 Å². The van der Waals surface area contributed by atoms with E-state index in [1.807, 2.05) is 11.5 Å². The number of aromatic nitrogens is 4. The van der Waals surface area contributed by atoms with Crippen LogP contribution in [0.25, 0.3) is 12.2 Å². The molecule has 118 valence electrons. The quantitative estimate of drug-likeness (QED) is 0.776. The molecule has 3 heterocycles. The third kappa shape index (κ3) is 4.01. The van der Waals surface area contributed by atoms with Gasteiger partial charge in [0, 0.05) is 23.1 Å². The molecular formula is C16H17N5OS. The van der Waals surface area contributed by atoms with Gasteiger partial charge in [-0.3, -0.25) is 4.98 Å². The zero-order valence-corrected chi connectivity index (χ0v) is 14.0. The first-order valence-corrected chi connectivity index (χ1v) is 8.01. The van der Waals surface area contributed by atoms with E-state index in [0.717, 1.165) is 16.6 Å². The summed E-state index contributed by atoms with van der Waals surface area (Å²) in [5.41, 5.74) is 0.674. The van der Waals surface area contributed by atoms with Gasteiger partial charge in [-0.25, -0.2) is 15.0 Å². The van der Waals surface area contributed by atoms with Crippen LogP contribution < -0.4 is 5.32 Å². The smallest absolute Gasteiger partial charge is 0.218 e. The molecule has 7 heteroatoms. The second kappa shape index (κ2) is 6.29. The predicted molar refractivity (Wildman–Crippen MR) is 91.6 cm³/mol. The number of rotatable bonds is 4. The zero-order valence-electron chi connectivity index (χ0n) is 13.1. The highest BCUT2D eigenvalue weighted by Gasteiger charge is 2.18. The van der Waals surface area contributed by atoms with E-state index in [1.54, 1.807) is 30.9 Å². The Balaban J connectivity index is 1.67. The van der Waals surface area contributed by atoms with Crippen molar-refractivity contribution in [3.8, 4) is 0 Å². The molecule has 3 aromatic rings. The van der Waals surface area contributed by atoms with Gasteiger partial charge in [0.1, 0.15) is 5.76 Å². The van der Waals surface area contributed by atoms with Gasteiger partial charge in [-0.15, -0.1) is 11.3 Å². The summed E-state index contributed by atoms with van der Waals surface area (Å²) in [5.74, 6) is 2.07.